The molecule has 4 aromatic rings. The molecule has 0 saturated heterocycles. The van der Waals surface area contributed by atoms with Crippen LogP contribution < -0.4 is 0 Å². The monoisotopic (exact) mass is 396 g/mol. The third-order valence-corrected chi connectivity index (χ3v) is 7.43. The van der Waals surface area contributed by atoms with Crippen LogP contribution in [0.3, 0.4) is 0 Å². The molecule has 2 aromatic carbocycles. The lowest BCUT2D eigenvalue weighted by Crippen LogP contribution is -2.22. The highest BCUT2D eigenvalue weighted by Gasteiger charge is 2.34. The fourth-order valence-electron chi connectivity index (χ4n) is 5.66. The van der Waals surface area contributed by atoms with Gasteiger partial charge in [0.05, 0.1) is 29.8 Å². The van der Waals surface area contributed by atoms with Crippen LogP contribution in [0.15, 0.2) is 67.1 Å². The molecule has 0 spiro atoms. The molecule has 0 amide bonds. The molecule has 2 aliphatic rings. The van der Waals surface area contributed by atoms with E-state index in [1.165, 1.54) is 34.7 Å². The van der Waals surface area contributed by atoms with E-state index >= 15 is 0 Å². The number of fused-ring (bicyclic) bond motifs is 2. The Hall–Kier alpha value is -2.65. The van der Waals surface area contributed by atoms with Gasteiger partial charge in [-0.2, -0.15) is 0 Å². The first-order valence-electron chi connectivity index (χ1n) is 11.4. The molecule has 30 heavy (non-hydrogen) atoms. The number of hydrogen-bond donors (Lipinski definition) is 1. The second-order valence-corrected chi connectivity index (χ2v) is 9.26. The summed E-state index contributed by atoms with van der Waals surface area (Å²) in [5, 5.41) is 14.2. The Morgan fingerprint density at radius 1 is 0.800 bits per heavy atom. The smallest absolute Gasteiger partial charge is 0.0995 e. The summed E-state index contributed by atoms with van der Waals surface area (Å²) in [4.78, 5) is 4.34. The topological polar surface area (TPSA) is 37.5 Å². The highest BCUT2D eigenvalue weighted by Crippen LogP contribution is 2.47. The van der Waals surface area contributed by atoms with Crippen LogP contribution in [0.2, 0.25) is 0 Å². The van der Waals surface area contributed by atoms with Gasteiger partial charge in [0.15, 0.2) is 0 Å². The van der Waals surface area contributed by atoms with E-state index in [-0.39, 0.29) is 0 Å². The van der Waals surface area contributed by atoms with Crippen molar-refractivity contribution in [2.45, 2.75) is 56.5 Å². The summed E-state index contributed by atoms with van der Waals surface area (Å²) in [5.41, 5.74) is 5.00. The third kappa shape index (κ3) is 3.04. The summed E-state index contributed by atoms with van der Waals surface area (Å²) in [6.45, 7) is 0. The normalized spacial score (nSPS) is 23.1. The van der Waals surface area contributed by atoms with E-state index < -0.39 is 6.10 Å². The minimum Gasteiger partial charge on any atom is -0.387 e. The van der Waals surface area contributed by atoms with E-state index in [9.17, 15) is 5.11 Å². The van der Waals surface area contributed by atoms with Crippen LogP contribution >= 0.6 is 0 Å². The van der Waals surface area contributed by atoms with Gasteiger partial charge in [-0.25, -0.2) is 4.98 Å². The van der Waals surface area contributed by atoms with Crippen LogP contribution in [0.25, 0.3) is 16.3 Å². The summed E-state index contributed by atoms with van der Waals surface area (Å²) in [6.07, 6.45) is 10.3. The number of aromatic nitrogens is 2. The van der Waals surface area contributed by atoms with E-state index in [0.717, 1.165) is 36.9 Å². The van der Waals surface area contributed by atoms with Gasteiger partial charge in [-0.15, -0.1) is 0 Å². The molecule has 0 unspecified atom stereocenters. The van der Waals surface area contributed by atoms with Gasteiger partial charge in [-0.3, -0.25) is 0 Å². The molecule has 3 nitrogen and oxygen atoms in total. The van der Waals surface area contributed by atoms with Crippen molar-refractivity contribution in [1.82, 2.24) is 9.38 Å². The van der Waals surface area contributed by atoms with Crippen molar-refractivity contribution < 1.29 is 5.11 Å². The van der Waals surface area contributed by atoms with Crippen molar-refractivity contribution >= 4 is 16.3 Å². The lowest BCUT2D eigenvalue weighted by molar-refractivity contribution is 0.0755. The maximum atomic E-state index is 11.5. The van der Waals surface area contributed by atoms with Crippen molar-refractivity contribution in [3.8, 4) is 0 Å². The summed E-state index contributed by atoms with van der Waals surface area (Å²) in [7, 11) is 0. The lowest BCUT2D eigenvalue weighted by Gasteiger charge is -2.33. The standard InChI is InChI=1S/C27H28N2O/c30-27(26-25(20-8-9-20)15-14-22-16-28-17-29(22)26)21-12-10-19(11-13-21)24-7-3-5-18-4-1-2-6-23(18)24/h1-7,14-17,19-21,27,30H,8-13H2/t19?,21?,27-/m1/s1. The number of imidazole rings is 1. The number of nitrogens with zero attached hydrogens (tertiary/aromatic N) is 2. The zero-order valence-corrected chi connectivity index (χ0v) is 17.2. The van der Waals surface area contributed by atoms with Gasteiger partial charge in [0.25, 0.3) is 0 Å². The van der Waals surface area contributed by atoms with Gasteiger partial charge >= 0.3 is 0 Å². The highest BCUT2D eigenvalue weighted by atomic mass is 16.3. The highest BCUT2D eigenvalue weighted by molar-refractivity contribution is 5.86. The molecule has 2 heterocycles. The molecule has 2 fully saturated rings. The molecule has 152 valence electrons. The average molecular weight is 397 g/mol. The predicted molar refractivity (Wildman–Crippen MR) is 121 cm³/mol. The molecular weight excluding hydrogens is 368 g/mol. The maximum absolute atomic E-state index is 11.5. The van der Waals surface area contributed by atoms with E-state index in [1.54, 1.807) is 0 Å². The Balaban J connectivity index is 1.27. The van der Waals surface area contributed by atoms with Crippen molar-refractivity contribution in [2.24, 2.45) is 5.92 Å². The first-order chi connectivity index (χ1) is 14.8. The van der Waals surface area contributed by atoms with Crippen molar-refractivity contribution in [2.75, 3.05) is 0 Å². The zero-order valence-electron chi connectivity index (χ0n) is 17.2. The molecule has 1 N–H and O–H groups in total. The van der Waals surface area contributed by atoms with Crippen LogP contribution in [0.4, 0.5) is 0 Å². The second kappa shape index (κ2) is 7.24. The quantitative estimate of drug-likeness (QED) is 0.435. The van der Waals surface area contributed by atoms with Gasteiger partial charge in [-0.05, 0) is 84.2 Å². The van der Waals surface area contributed by atoms with Gasteiger partial charge in [-0.1, -0.05) is 48.5 Å². The minimum absolute atomic E-state index is 0.321. The fourth-order valence-corrected chi connectivity index (χ4v) is 5.66. The Morgan fingerprint density at radius 2 is 1.53 bits per heavy atom. The van der Waals surface area contributed by atoms with Gasteiger partial charge < -0.3 is 9.51 Å². The number of rotatable bonds is 4. The molecule has 0 aliphatic heterocycles. The van der Waals surface area contributed by atoms with Crippen molar-refractivity contribution in [1.29, 1.82) is 0 Å². The summed E-state index contributed by atoms with van der Waals surface area (Å²) < 4.78 is 2.13. The number of benzene rings is 2. The zero-order chi connectivity index (χ0) is 20.1. The SMILES string of the molecule is O[C@@H](c1c(C2CC2)ccc2cncn12)C1CCC(c2cccc3ccccc23)CC1. The van der Waals surface area contributed by atoms with Gasteiger partial charge in [0.1, 0.15) is 0 Å². The summed E-state index contributed by atoms with van der Waals surface area (Å²) in [6, 6.07) is 19.8. The van der Waals surface area contributed by atoms with E-state index in [2.05, 4.69) is 64.0 Å². The predicted octanol–water partition coefficient (Wildman–Crippen LogP) is 6.37. The Bertz CT molecular complexity index is 1190. The molecule has 0 radical (unpaired) electrons. The number of aliphatic hydroxyl groups excluding tert-OH is 1. The molecular formula is C27H28N2O. The molecule has 6 rings (SSSR count). The van der Waals surface area contributed by atoms with Crippen molar-refractivity contribution in [3.63, 3.8) is 0 Å². The summed E-state index contributed by atoms with van der Waals surface area (Å²) in [5.74, 6) is 1.53. The first-order valence-corrected chi connectivity index (χ1v) is 11.4. The number of aliphatic hydroxyl groups is 1. The number of pyridine rings is 1. The van der Waals surface area contributed by atoms with E-state index in [0.29, 0.717) is 17.8 Å². The Morgan fingerprint density at radius 3 is 2.37 bits per heavy atom. The Labute approximate surface area is 177 Å². The van der Waals surface area contributed by atoms with Crippen LogP contribution in [0.1, 0.15) is 73.3 Å². The van der Waals surface area contributed by atoms with Crippen LogP contribution in [-0.4, -0.2) is 14.5 Å². The summed E-state index contributed by atoms with van der Waals surface area (Å²) >= 11 is 0. The van der Waals surface area contributed by atoms with Crippen molar-refractivity contribution in [3.05, 3.63) is 83.9 Å². The molecule has 1 atom stereocenters. The van der Waals surface area contributed by atoms with E-state index in [4.69, 9.17) is 0 Å². The van der Waals surface area contributed by atoms with Crippen LogP contribution in [0, 0.1) is 5.92 Å². The number of hydrogen-bond acceptors (Lipinski definition) is 2. The van der Waals surface area contributed by atoms with Gasteiger partial charge in [0.2, 0.25) is 0 Å². The molecule has 2 aliphatic carbocycles. The molecule has 0 bridgehead atoms. The fraction of sp³-hybridized carbons (Fsp3) is 0.370. The van der Waals surface area contributed by atoms with Crippen LogP contribution in [0.5, 0.6) is 0 Å². The maximum Gasteiger partial charge on any atom is 0.0995 e. The molecule has 3 heteroatoms. The van der Waals surface area contributed by atoms with Crippen LogP contribution in [-0.2, 0) is 0 Å². The minimum atomic E-state index is -0.410. The van der Waals surface area contributed by atoms with E-state index in [1.807, 2.05) is 12.5 Å². The molecule has 2 aromatic heterocycles. The third-order valence-electron chi connectivity index (χ3n) is 7.43. The lowest BCUT2D eigenvalue weighted by atomic mass is 9.74. The second-order valence-electron chi connectivity index (χ2n) is 9.26. The molecule has 2 saturated carbocycles. The Kier molecular flexibility index (Phi) is 4.38. The van der Waals surface area contributed by atoms with Gasteiger partial charge in [0, 0.05) is 0 Å². The average Bonchev–Trinajstić information content (AvgIpc) is 3.54. The largest absolute Gasteiger partial charge is 0.387 e. The first kappa shape index (κ1) is 18.1.